The van der Waals surface area contributed by atoms with Crippen molar-refractivity contribution in [1.82, 2.24) is 19.1 Å². The van der Waals surface area contributed by atoms with E-state index in [1.54, 1.807) is 0 Å². The Balaban J connectivity index is 1.36. The maximum Gasteiger partial charge on any atom is 0.330 e. The van der Waals surface area contributed by atoms with E-state index in [0.29, 0.717) is 0 Å². The summed E-state index contributed by atoms with van der Waals surface area (Å²) in [4.78, 5) is 65.2. The molecule has 2 aliphatic heterocycles. The number of nitrogens with one attached hydrogen (secondary N) is 2. The number of H-pyrrole nitrogens is 2. The smallest absolute Gasteiger partial charge is 0.330 e. The van der Waals surface area contributed by atoms with Crippen LogP contribution in [-0.4, -0.2) is 66.7 Å². The normalized spacial score (nSPS) is 28.2. The van der Waals surface area contributed by atoms with Gasteiger partial charge in [0.25, 0.3) is 11.1 Å². The van der Waals surface area contributed by atoms with Crippen molar-refractivity contribution < 1.29 is 28.5 Å². The Morgan fingerprint density at radius 3 is 2.05 bits per heavy atom. The van der Waals surface area contributed by atoms with Gasteiger partial charge in [0.1, 0.15) is 18.6 Å². The van der Waals surface area contributed by atoms with Gasteiger partial charge in [-0.25, -0.2) is 9.59 Å². The first-order chi connectivity index (χ1) is 18.4. The molecule has 39 heavy (non-hydrogen) atoms. The summed E-state index contributed by atoms with van der Waals surface area (Å²) in [6.45, 7) is -1.60. The highest BCUT2D eigenvalue weighted by Gasteiger charge is 2.39. The second kappa shape index (κ2) is 11.7. The number of azide groups is 1. The molecule has 4 heterocycles. The van der Waals surface area contributed by atoms with Gasteiger partial charge in [-0.1, -0.05) is 5.11 Å². The monoisotopic (exact) mass is 587 g/mol. The topological polar surface area (TPSA) is 236 Å². The highest BCUT2D eigenvalue weighted by Crippen LogP contribution is 2.46. The van der Waals surface area contributed by atoms with Gasteiger partial charge < -0.3 is 28.5 Å². The first-order valence-corrected chi connectivity index (χ1v) is 14.3. The van der Waals surface area contributed by atoms with E-state index >= 15 is 0 Å². The number of hydrogen-bond acceptors (Lipinski definition) is 11. The fraction of sp³-hybridized carbons (Fsp3) is 0.600. The number of aromatic amines is 2. The van der Waals surface area contributed by atoms with Gasteiger partial charge in [0.05, 0.1) is 31.5 Å². The standard InChI is InChI=1S/C20H26N7O10PS/c1-9-5-26(19(31)22-17(9)29)15-3-11(24-25-21)13(36-15)7-34-38(33,39)35-8-14-12(28)4-16(37-14)27-6-10(2)18(30)23-20(27)32/h5-6,11-16,28H,3-4,7-8H2,1-2H3,(H,33,39)(H,22,29,31)(H,23,30,32)/t11-,12-,13+,14+,15+,16+,38?/m0/s1. The van der Waals surface area contributed by atoms with Crippen molar-refractivity contribution in [3.05, 3.63) is 75.6 Å². The van der Waals surface area contributed by atoms with Crippen molar-refractivity contribution in [2.75, 3.05) is 13.2 Å². The van der Waals surface area contributed by atoms with Crippen molar-refractivity contribution >= 4 is 18.5 Å². The van der Waals surface area contributed by atoms with Crippen molar-refractivity contribution in [3.8, 4) is 0 Å². The minimum Gasteiger partial charge on any atom is -0.390 e. The largest absolute Gasteiger partial charge is 0.390 e. The lowest BCUT2D eigenvalue weighted by atomic mass is 10.1. The van der Waals surface area contributed by atoms with Crippen LogP contribution in [0.4, 0.5) is 0 Å². The van der Waals surface area contributed by atoms with Crippen LogP contribution >= 0.6 is 6.72 Å². The number of rotatable bonds is 9. The van der Waals surface area contributed by atoms with Crippen LogP contribution in [0.1, 0.15) is 36.4 Å². The van der Waals surface area contributed by atoms with Crippen LogP contribution in [-0.2, 0) is 30.3 Å². The molecule has 2 fully saturated rings. The van der Waals surface area contributed by atoms with E-state index in [1.807, 2.05) is 0 Å². The van der Waals surface area contributed by atoms with Gasteiger partial charge in [0.15, 0.2) is 0 Å². The summed E-state index contributed by atoms with van der Waals surface area (Å²) >= 11 is 5.04. The van der Waals surface area contributed by atoms with Gasteiger partial charge in [-0.2, -0.15) is 0 Å². The average Bonchev–Trinajstić information content (AvgIpc) is 3.44. The lowest BCUT2D eigenvalue weighted by molar-refractivity contribution is -0.0479. The second-order valence-electron chi connectivity index (χ2n) is 9.09. The number of aliphatic hydroxyl groups is 1. The summed E-state index contributed by atoms with van der Waals surface area (Å²) in [6, 6.07) is -0.783. The summed E-state index contributed by atoms with van der Waals surface area (Å²) in [7, 11) is 0. The second-order valence-corrected chi connectivity index (χ2v) is 11.9. The van der Waals surface area contributed by atoms with Crippen LogP contribution in [0.3, 0.4) is 0 Å². The summed E-state index contributed by atoms with van der Waals surface area (Å²) < 4.78 is 24.5. The molecule has 212 valence electrons. The van der Waals surface area contributed by atoms with Gasteiger partial charge in [-0.15, -0.1) is 0 Å². The van der Waals surface area contributed by atoms with E-state index in [4.69, 9.17) is 35.9 Å². The number of hydrogen-bond donors (Lipinski definition) is 4. The molecule has 0 aliphatic carbocycles. The third kappa shape index (κ3) is 6.63. The quantitative estimate of drug-likeness (QED) is 0.127. The van der Waals surface area contributed by atoms with Crippen LogP contribution in [0.5, 0.6) is 0 Å². The van der Waals surface area contributed by atoms with Crippen LogP contribution < -0.4 is 22.5 Å². The molecule has 4 N–H and O–H groups in total. The van der Waals surface area contributed by atoms with E-state index in [1.165, 1.54) is 26.2 Å². The molecule has 4 rings (SSSR count). The zero-order valence-electron chi connectivity index (χ0n) is 20.7. The van der Waals surface area contributed by atoms with Crippen LogP contribution in [0, 0.1) is 13.8 Å². The Labute approximate surface area is 223 Å². The van der Waals surface area contributed by atoms with Crippen LogP contribution in [0.2, 0.25) is 0 Å². The molecular weight excluding hydrogens is 561 g/mol. The molecule has 2 saturated heterocycles. The minimum atomic E-state index is -3.91. The predicted octanol–water partition coefficient (Wildman–Crippen LogP) is -0.432. The van der Waals surface area contributed by atoms with E-state index in [0.717, 1.165) is 9.13 Å². The molecular formula is C20H26N7O10PS. The highest BCUT2D eigenvalue weighted by atomic mass is 32.5. The third-order valence-electron chi connectivity index (χ3n) is 6.32. The van der Waals surface area contributed by atoms with E-state index in [2.05, 4.69) is 20.0 Å². The summed E-state index contributed by atoms with van der Waals surface area (Å²) in [5.41, 5.74) is 7.00. The van der Waals surface area contributed by atoms with Crippen molar-refractivity contribution in [1.29, 1.82) is 0 Å². The zero-order valence-corrected chi connectivity index (χ0v) is 22.4. The minimum absolute atomic E-state index is 0.0172. The average molecular weight is 588 g/mol. The molecule has 1 unspecified atom stereocenters. The zero-order chi connectivity index (χ0) is 28.5. The number of aromatic nitrogens is 4. The third-order valence-corrected chi connectivity index (χ3v) is 7.91. The van der Waals surface area contributed by atoms with Gasteiger partial charge >= 0.3 is 18.1 Å². The molecule has 2 aromatic rings. The molecule has 19 heteroatoms. The summed E-state index contributed by atoms with van der Waals surface area (Å²) in [6.07, 6.45) is -1.97. The molecule has 0 amide bonds. The van der Waals surface area contributed by atoms with E-state index in [9.17, 15) is 29.2 Å². The van der Waals surface area contributed by atoms with Crippen LogP contribution in [0.15, 0.2) is 36.7 Å². The number of aryl methyl sites for hydroxylation is 2. The SMILES string of the molecule is Cc1cn([C@H]2C[C@H](N=[N+]=[N-])[C@@H](COP(O)(=S)OC[C@H]3O[C@@H](n4cc(C)c(=O)[nH]c4=O)C[C@@H]3O)O2)c(=O)[nH]c1=O. The van der Waals surface area contributed by atoms with Crippen molar-refractivity contribution in [3.63, 3.8) is 0 Å². The molecule has 0 spiro atoms. The molecule has 2 aliphatic rings. The maximum atomic E-state index is 12.2. The first kappa shape index (κ1) is 29.1. The Bertz CT molecular complexity index is 1560. The number of aliphatic hydroxyl groups excluding tert-OH is 1. The van der Waals surface area contributed by atoms with Crippen LogP contribution in [0.25, 0.3) is 10.4 Å². The first-order valence-electron chi connectivity index (χ1n) is 11.7. The van der Waals surface area contributed by atoms with Gasteiger partial charge in [-0.3, -0.25) is 28.7 Å². The molecule has 0 bridgehead atoms. The molecule has 0 aromatic carbocycles. The Kier molecular flexibility index (Phi) is 8.70. The molecule has 7 atom stereocenters. The maximum absolute atomic E-state index is 12.2. The van der Waals surface area contributed by atoms with E-state index in [-0.39, 0.29) is 37.2 Å². The Morgan fingerprint density at radius 1 is 1.03 bits per heavy atom. The Hall–Kier alpha value is -2.92. The summed E-state index contributed by atoms with van der Waals surface area (Å²) in [5.74, 6) is 0. The predicted molar refractivity (Wildman–Crippen MR) is 137 cm³/mol. The molecule has 0 saturated carbocycles. The Morgan fingerprint density at radius 2 is 1.51 bits per heavy atom. The molecule has 2 aromatic heterocycles. The molecule has 17 nitrogen and oxygen atoms in total. The number of nitrogens with zero attached hydrogens (tertiary/aromatic N) is 5. The van der Waals surface area contributed by atoms with Gasteiger partial charge in [-0.05, 0) is 31.2 Å². The fourth-order valence-corrected chi connectivity index (χ4v) is 5.34. The number of ether oxygens (including phenoxy) is 2. The fourth-order valence-electron chi connectivity index (χ4n) is 4.23. The van der Waals surface area contributed by atoms with E-state index < -0.39 is 66.0 Å². The summed E-state index contributed by atoms with van der Waals surface area (Å²) in [5, 5.41) is 14.0. The van der Waals surface area contributed by atoms with Gasteiger partial charge in [0.2, 0.25) is 0 Å². The lowest BCUT2D eigenvalue weighted by Gasteiger charge is -2.22. The van der Waals surface area contributed by atoms with Crippen molar-refractivity contribution in [2.24, 2.45) is 5.11 Å². The lowest BCUT2D eigenvalue weighted by Crippen LogP contribution is -2.33. The highest BCUT2D eigenvalue weighted by molar-refractivity contribution is 8.07. The molecule has 0 radical (unpaired) electrons. The van der Waals surface area contributed by atoms with Crippen molar-refractivity contribution in [2.45, 2.75) is 63.5 Å². The van der Waals surface area contributed by atoms with Gasteiger partial charge in [0, 0.05) is 41.3 Å².